The van der Waals surface area contributed by atoms with Gasteiger partial charge in [0.15, 0.2) is 0 Å². The summed E-state index contributed by atoms with van der Waals surface area (Å²) in [6.45, 7) is 0.852. The van der Waals surface area contributed by atoms with Crippen LogP contribution < -0.4 is 20.1 Å². The number of nitrogens with zero attached hydrogens (tertiary/aromatic N) is 2. The zero-order valence-electron chi connectivity index (χ0n) is 24.8. The fraction of sp³-hybridized carbons (Fsp3) is 0.394. The van der Waals surface area contributed by atoms with Gasteiger partial charge in [-0.2, -0.15) is 5.10 Å². The van der Waals surface area contributed by atoms with E-state index >= 15 is 0 Å². The molecular formula is C33H35N5O7. The average Bonchev–Trinajstić information content (AvgIpc) is 3.54. The van der Waals surface area contributed by atoms with Crippen molar-refractivity contribution < 1.29 is 33.4 Å². The first-order valence-corrected chi connectivity index (χ1v) is 15.4. The summed E-state index contributed by atoms with van der Waals surface area (Å²) in [5.74, 6) is -0.174. The number of benzene rings is 2. The molecule has 0 radical (unpaired) electrons. The minimum absolute atomic E-state index is 0.0645. The predicted octanol–water partition coefficient (Wildman–Crippen LogP) is 3.89. The van der Waals surface area contributed by atoms with E-state index in [1.807, 2.05) is 30.3 Å². The maximum absolute atomic E-state index is 13.2. The number of anilines is 1. The van der Waals surface area contributed by atoms with E-state index in [1.54, 1.807) is 18.2 Å². The highest BCUT2D eigenvalue weighted by Crippen LogP contribution is 2.36. The first kappa shape index (κ1) is 30.0. The van der Waals surface area contributed by atoms with E-state index in [4.69, 9.17) is 9.47 Å². The van der Waals surface area contributed by atoms with Crippen molar-refractivity contribution in [1.82, 2.24) is 20.4 Å². The van der Waals surface area contributed by atoms with Gasteiger partial charge in [0, 0.05) is 18.4 Å². The number of piperidine rings is 1. The van der Waals surface area contributed by atoms with E-state index in [2.05, 4.69) is 20.8 Å². The summed E-state index contributed by atoms with van der Waals surface area (Å²) < 4.78 is 11.7. The Morgan fingerprint density at radius 2 is 1.71 bits per heavy atom. The van der Waals surface area contributed by atoms with Crippen molar-refractivity contribution in [3.05, 3.63) is 70.9 Å². The SMILES string of the molecule is O=C1CCC(N2C(=O)c3cccc(OCCCCCOc4ccc(CC(=O)Nc5cc(C6CCC6)n[nH]5)cc4)c3C2=O)C(=O)N1. The van der Waals surface area contributed by atoms with Crippen molar-refractivity contribution in [2.45, 2.75) is 69.7 Å². The van der Waals surface area contributed by atoms with Gasteiger partial charge in [0.2, 0.25) is 17.7 Å². The van der Waals surface area contributed by atoms with E-state index in [0.29, 0.717) is 37.1 Å². The highest BCUT2D eigenvalue weighted by Gasteiger charge is 2.46. The Morgan fingerprint density at radius 3 is 2.44 bits per heavy atom. The standard InChI is InChI=1S/C33H35N5O7/c39-28-15-14-25(31(41)35-28)38-32(42)23-8-5-9-26(30(23)33(38)43)45-17-3-1-2-16-44-22-12-10-20(11-13-22)18-29(40)34-27-19-24(36-37-27)21-6-4-7-21/h5,8-13,19,21,25H,1-4,6-7,14-18H2,(H,35,39,41)(H2,34,36,37,40). The highest BCUT2D eigenvalue weighted by atomic mass is 16.5. The lowest BCUT2D eigenvalue weighted by molar-refractivity contribution is -0.136. The van der Waals surface area contributed by atoms with E-state index in [-0.39, 0.29) is 36.3 Å². The number of fused-ring (bicyclic) bond motifs is 1. The highest BCUT2D eigenvalue weighted by molar-refractivity contribution is 6.24. The lowest BCUT2D eigenvalue weighted by atomic mass is 9.83. The van der Waals surface area contributed by atoms with Gasteiger partial charge in [-0.15, -0.1) is 0 Å². The molecule has 1 unspecified atom stereocenters. The number of H-pyrrole nitrogens is 1. The molecule has 6 rings (SSSR count). The lowest BCUT2D eigenvalue weighted by Gasteiger charge is -2.27. The molecule has 2 aromatic carbocycles. The molecule has 2 fully saturated rings. The second-order valence-corrected chi connectivity index (χ2v) is 11.6. The molecule has 5 amide bonds. The number of amides is 5. The third-order valence-corrected chi connectivity index (χ3v) is 8.43. The molecule has 12 heteroatoms. The maximum Gasteiger partial charge on any atom is 0.266 e. The Balaban J connectivity index is 0.898. The first-order chi connectivity index (χ1) is 21.9. The number of hydrogen-bond acceptors (Lipinski definition) is 8. The number of imide groups is 2. The number of carbonyl (C=O) groups excluding carboxylic acids is 5. The third-order valence-electron chi connectivity index (χ3n) is 8.43. The van der Waals surface area contributed by atoms with Crippen LogP contribution in [0.2, 0.25) is 0 Å². The van der Waals surface area contributed by atoms with Gasteiger partial charge in [-0.25, -0.2) is 0 Å². The van der Waals surface area contributed by atoms with Crippen LogP contribution in [0, 0.1) is 0 Å². The van der Waals surface area contributed by atoms with Gasteiger partial charge < -0.3 is 14.8 Å². The minimum atomic E-state index is -1.02. The average molecular weight is 614 g/mol. The Kier molecular flexibility index (Phi) is 8.90. The van der Waals surface area contributed by atoms with Gasteiger partial charge in [0.25, 0.3) is 11.8 Å². The van der Waals surface area contributed by atoms with Crippen molar-refractivity contribution in [2.24, 2.45) is 0 Å². The second-order valence-electron chi connectivity index (χ2n) is 11.6. The van der Waals surface area contributed by atoms with Gasteiger partial charge in [-0.3, -0.25) is 39.3 Å². The zero-order valence-corrected chi connectivity index (χ0v) is 24.8. The summed E-state index contributed by atoms with van der Waals surface area (Å²) in [6, 6.07) is 13.2. The normalized spacial score (nSPS) is 18.0. The maximum atomic E-state index is 13.2. The molecule has 3 aromatic rings. The van der Waals surface area contributed by atoms with Crippen molar-refractivity contribution in [3.63, 3.8) is 0 Å². The quantitative estimate of drug-likeness (QED) is 0.193. The summed E-state index contributed by atoms with van der Waals surface area (Å²) in [7, 11) is 0. The summed E-state index contributed by atoms with van der Waals surface area (Å²) in [6.07, 6.45) is 6.26. The van der Waals surface area contributed by atoms with E-state index in [0.717, 1.165) is 47.6 Å². The molecule has 3 heterocycles. The second kappa shape index (κ2) is 13.3. The number of nitrogens with one attached hydrogen (secondary N) is 3. The van der Waals surface area contributed by atoms with Crippen LogP contribution in [-0.4, -0.2) is 63.9 Å². The van der Waals surface area contributed by atoms with Gasteiger partial charge in [-0.1, -0.05) is 24.6 Å². The van der Waals surface area contributed by atoms with Crippen LogP contribution in [0.25, 0.3) is 0 Å². The summed E-state index contributed by atoms with van der Waals surface area (Å²) in [4.78, 5) is 63.3. The molecule has 1 aromatic heterocycles. The number of carbonyl (C=O) groups is 5. The van der Waals surface area contributed by atoms with Gasteiger partial charge >= 0.3 is 0 Å². The predicted molar refractivity (Wildman–Crippen MR) is 162 cm³/mol. The van der Waals surface area contributed by atoms with Crippen molar-refractivity contribution in [3.8, 4) is 11.5 Å². The molecule has 234 valence electrons. The van der Waals surface area contributed by atoms with Crippen molar-refractivity contribution in [2.75, 3.05) is 18.5 Å². The van der Waals surface area contributed by atoms with E-state index in [9.17, 15) is 24.0 Å². The van der Waals surface area contributed by atoms with Crippen LogP contribution in [0.3, 0.4) is 0 Å². The first-order valence-electron chi connectivity index (χ1n) is 15.4. The van der Waals surface area contributed by atoms with Crippen LogP contribution in [0.15, 0.2) is 48.5 Å². The Hall–Kier alpha value is -5.00. The van der Waals surface area contributed by atoms with Crippen molar-refractivity contribution in [1.29, 1.82) is 0 Å². The zero-order chi connectivity index (χ0) is 31.3. The van der Waals surface area contributed by atoms with Crippen LogP contribution in [0.4, 0.5) is 5.82 Å². The Morgan fingerprint density at radius 1 is 0.933 bits per heavy atom. The Labute approximate surface area is 259 Å². The fourth-order valence-electron chi connectivity index (χ4n) is 5.75. The molecule has 2 aliphatic heterocycles. The molecule has 1 saturated carbocycles. The number of aromatic nitrogens is 2. The summed E-state index contributed by atoms with van der Waals surface area (Å²) in [5.41, 5.74) is 2.23. The Bertz CT molecular complexity index is 1610. The molecule has 45 heavy (non-hydrogen) atoms. The molecule has 0 bridgehead atoms. The molecule has 1 aliphatic carbocycles. The van der Waals surface area contributed by atoms with Crippen LogP contribution in [0.1, 0.15) is 89.3 Å². The number of unbranched alkanes of at least 4 members (excludes halogenated alkanes) is 2. The fourth-order valence-corrected chi connectivity index (χ4v) is 5.75. The molecular weight excluding hydrogens is 578 g/mol. The van der Waals surface area contributed by atoms with Crippen LogP contribution >= 0.6 is 0 Å². The van der Waals surface area contributed by atoms with Crippen LogP contribution in [-0.2, 0) is 20.8 Å². The smallest absolute Gasteiger partial charge is 0.266 e. The molecule has 0 spiro atoms. The number of aromatic amines is 1. The summed E-state index contributed by atoms with van der Waals surface area (Å²) in [5, 5.41) is 12.3. The van der Waals surface area contributed by atoms with Gasteiger partial charge in [0.05, 0.1) is 36.5 Å². The van der Waals surface area contributed by atoms with Gasteiger partial charge in [-0.05, 0) is 68.4 Å². The van der Waals surface area contributed by atoms with E-state index in [1.165, 1.54) is 6.42 Å². The van der Waals surface area contributed by atoms with Gasteiger partial charge in [0.1, 0.15) is 23.4 Å². The lowest BCUT2D eigenvalue weighted by Crippen LogP contribution is -2.54. The molecule has 3 N–H and O–H groups in total. The number of hydrogen-bond donors (Lipinski definition) is 3. The van der Waals surface area contributed by atoms with E-state index < -0.39 is 29.7 Å². The molecule has 1 saturated heterocycles. The largest absolute Gasteiger partial charge is 0.494 e. The minimum Gasteiger partial charge on any atom is -0.494 e. The number of ether oxygens (including phenoxy) is 2. The topological polar surface area (TPSA) is 160 Å². The van der Waals surface area contributed by atoms with Crippen LogP contribution in [0.5, 0.6) is 11.5 Å². The summed E-state index contributed by atoms with van der Waals surface area (Å²) >= 11 is 0. The third kappa shape index (κ3) is 6.74. The molecule has 3 aliphatic rings. The van der Waals surface area contributed by atoms with Crippen molar-refractivity contribution >= 4 is 35.4 Å². The monoisotopic (exact) mass is 613 g/mol. The molecule has 1 atom stereocenters. The molecule has 12 nitrogen and oxygen atoms in total. The number of rotatable bonds is 13.